The molecular formula is C17H23NO3S2. The van der Waals surface area contributed by atoms with Crippen molar-refractivity contribution in [3.05, 3.63) is 35.2 Å². The molecule has 6 heteroatoms. The lowest BCUT2D eigenvalue weighted by Gasteiger charge is -2.22. The fourth-order valence-electron chi connectivity index (χ4n) is 2.96. The van der Waals surface area contributed by atoms with Gasteiger partial charge >= 0.3 is 0 Å². The molecule has 2 aromatic rings. The third-order valence-corrected chi connectivity index (χ3v) is 7.15. The van der Waals surface area contributed by atoms with Gasteiger partial charge in [0.05, 0.1) is 11.8 Å². The molecule has 0 amide bonds. The summed E-state index contributed by atoms with van der Waals surface area (Å²) in [4.78, 5) is 1.06. The zero-order chi connectivity index (χ0) is 16.3. The van der Waals surface area contributed by atoms with Gasteiger partial charge in [0.1, 0.15) is 0 Å². The van der Waals surface area contributed by atoms with E-state index in [4.69, 9.17) is 4.74 Å². The van der Waals surface area contributed by atoms with E-state index in [1.807, 2.05) is 19.1 Å². The summed E-state index contributed by atoms with van der Waals surface area (Å²) in [6, 6.07) is 10.0. The lowest BCUT2D eigenvalue weighted by atomic mass is 9.98. The normalized spacial score (nSPS) is 18.3. The van der Waals surface area contributed by atoms with Crippen LogP contribution in [0.4, 0.5) is 0 Å². The molecule has 23 heavy (non-hydrogen) atoms. The number of nitrogens with one attached hydrogen (secondary N) is 1. The van der Waals surface area contributed by atoms with Gasteiger partial charge in [-0.1, -0.05) is 18.2 Å². The van der Waals surface area contributed by atoms with Crippen molar-refractivity contribution in [2.24, 2.45) is 5.92 Å². The van der Waals surface area contributed by atoms with E-state index in [9.17, 15) is 8.42 Å². The van der Waals surface area contributed by atoms with E-state index in [0.717, 1.165) is 37.4 Å². The number of sulfonamides is 1. The molecule has 1 aromatic heterocycles. The van der Waals surface area contributed by atoms with Crippen LogP contribution in [0.2, 0.25) is 0 Å². The Morgan fingerprint density at radius 3 is 2.78 bits per heavy atom. The average Bonchev–Trinajstić information content (AvgIpc) is 2.98. The maximum Gasteiger partial charge on any atom is 0.212 e. The van der Waals surface area contributed by atoms with Crippen LogP contribution in [0.15, 0.2) is 30.3 Å². The van der Waals surface area contributed by atoms with Gasteiger partial charge in [-0.25, -0.2) is 13.1 Å². The maximum absolute atomic E-state index is 12.3. The number of ether oxygens (including phenoxy) is 1. The van der Waals surface area contributed by atoms with Gasteiger partial charge in [-0.2, -0.15) is 0 Å². The Morgan fingerprint density at radius 1 is 1.30 bits per heavy atom. The Bertz CT molecular complexity index is 715. The molecule has 1 aromatic carbocycles. The van der Waals surface area contributed by atoms with E-state index in [2.05, 4.69) is 22.9 Å². The van der Waals surface area contributed by atoms with Crippen molar-refractivity contribution in [3.63, 3.8) is 0 Å². The number of thiophene rings is 1. The Morgan fingerprint density at radius 2 is 2.04 bits per heavy atom. The van der Waals surface area contributed by atoms with Crippen molar-refractivity contribution < 1.29 is 13.2 Å². The SMILES string of the molecule is CC(NS(=O)(=O)CCC1CCOCC1)c1cc2ccccc2s1. The fourth-order valence-corrected chi connectivity index (χ4v) is 5.53. The quantitative estimate of drug-likeness (QED) is 0.861. The first-order valence-corrected chi connectivity index (χ1v) is 10.6. The van der Waals surface area contributed by atoms with Crippen molar-refractivity contribution in [1.82, 2.24) is 4.72 Å². The fraction of sp³-hybridized carbons (Fsp3) is 0.529. The molecule has 126 valence electrons. The highest BCUT2D eigenvalue weighted by Crippen LogP contribution is 2.30. The van der Waals surface area contributed by atoms with E-state index in [1.165, 1.54) is 10.1 Å². The minimum Gasteiger partial charge on any atom is -0.381 e. The van der Waals surface area contributed by atoms with Crippen molar-refractivity contribution in [2.75, 3.05) is 19.0 Å². The molecule has 0 aliphatic carbocycles. The lowest BCUT2D eigenvalue weighted by molar-refractivity contribution is 0.0655. The summed E-state index contributed by atoms with van der Waals surface area (Å²) in [5.41, 5.74) is 0. The van der Waals surface area contributed by atoms with Gasteiger partial charge in [0, 0.05) is 22.8 Å². The van der Waals surface area contributed by atoms with Crippen molar-refractivity contribution in [1.29, 1.82) is 0 Å². The van der Waals surface area contributed by atoms with Crippen LogP contribution in [-0.4, -0.2) is 27.4 Å². The van der Waals surface area contributed by atoms with E-state index in [1.54, 1.807) is 11.3 Å². The topological polar surface area (TPSA) is 55.4 Å². The molecule has 1 aliphatic heterocycles. The van der Waals surface area contributed by atoms with Crippen LogP contribution in [0.1, 0.15) is 37.1 Å². The molecule has 3 rings (SSSR count). The van der Waals surface area contributed by atoms with E-state index in [0.29, 0.717) is 5.92 Å². The largest absolute Gasteiger partial charge is 0.381 e. The summed E-state index contributed by atoms with van der Waals surface area (Å²) >= 11 is 1.65. The predicted molar refractivity (Wildman–Crippen MR) is 95.3 cm³/mol. The smallest absolute Gasteiger partial charge is 0.212 e. The molecule has 0 bridgehead atoms. The molecule has 1 N–H and O–H groups in total. The average molecular weight is 354 g/mol. The lowest BCUT2D eigenvalue weighted by Crippen LogP contribution is -2.30. The molecule has 1 saturated heterocycles. The molecule has 0 spiro atoms. The number of hydrogen-bond acceptors (Lipinski definition) is 4. The van der Waals surface area contributed by atoms with Crippen molar-refractivity contribution >= 4 is 31.4 Å². The summed E-state index contributed by atoms with van der Waals surface area (Å²) in [5.74, 6) is 0.673. The Labute approximate surface area is 141 Å². The number of fused-ring (bicyclic) bond motifs is 1. The molecule has 0 saturated carbocycles. The second-order valence-electron chi connectivity index (χ2n) is 6.19. The zero-order valence-electron chi connectivity index (χ0n) is 13.3. The monoisotopic (exact) mass is 353 g/mol. The maximum atomic E-state index is 12.3. The summed E-state index contributed by atoms with van der Waals surface area (Å²) in [6.45, 7) is 3.43. The summed E-state index contributed by atoms with van der Waals surface area (Å²) in [5, 5.41) is 1.17. The Kier molecular flexibility index (Phi) is 5.36. The van der Waals surface area contributed by atoms with Crippen LogP contribution in [0.3, 0.4) is 0 Å². The second kappa shape index (κ2) is 7.30. The van der Waals surface area contributed by atoms with Gasteiger partial charge in [0.2, 0.25) is 10.0 Å². The second-order valence-corrected chi connectivity index (χ2v) is 9.18. The number of hydrogen-bond donors (Lipinski definition) is 1. The van der Waals surface area contributed by atoms with Gasteiger partial charge in [0.25, 0.3) is 0 Å². The molecule has 1 unspecified atom stereocenters. The molecule has 1 atom stereocenters. The highest BCUT2D eigenvalue weighted by Gasteiger charge is 2.21. The highest BCUT2D eigenvalue weighted by atomic mass is 32.2. The first kappa shape index (κ1) is 16.9. The highest BCUT2D eigenvalue weighted by molar-refractivity contribution is 7.89. The minimum absolute atomic E-state index is 0.188. The third kappa shape index (κ3) is 4.53. The van der Waals surface area contributed by atoms with Gasteiger partial charge in [0.15, 0.2) is 0 Å². The standard InChI is InChI=1S/C17H23NO3S2/c1-13(17-12-15-4-2-3-5-16(15)22-17)18-23(19,20)11-8-14-6-9-21-10-7-14/h2-5,12-14,18H,6-11H2,1H3. The molecule has 1 aliphatic rings. The van der Waals surface area contributed by atoms with E-state index < -0.39 is 10.0 Å². The van der Waals surface area contributed by atoms with Crippen molar-refractivity contribution in [2.45, 2.75) is 32.2 Å². The van der Waals surface area contributed by atoms with Crippen LogP contribution in [0.25, 0.3) is 10.1 Å². The summed E-state index contributed by atoms with van der Waals surface area (Å²) in [7, 11) is -3.25. The summed E-state index contributed by atoms with van der Waals surface area (Å²) in [6.07, 6.45) is 2.67. The minimum atomic E-state index is -3.25. The number of benzene rings is 1. The molecule has 0 radical (unpaired) electrons. The Balaban J connectivity index is 1.60. The summed E-state index contributed by atoms with van der Waals surface area (Å²) < 4.78 is 34.0. The van der Waals surface area contributed by atoms with Crippen LogP contribution >= 0.6 is 11.3 Å². The predicted octanol–water partition coefficient (Wildman–Crippen LogP) is 3.70. The van der Waals surface area contributed by atoms with Gasteiger partial charge in [-0.3, -0.25) is 0 Å². The molecule has 1 fully saturated rings. The van der Waals surface area contributed by atoms with Crippen LogP contribution in [0, 0.1) is 5.92 Å². The zero-order valence-corrected chi connectivity index (χ0v) is 15.0. The Hall–Kier alpha value is -0.950. The first-order valence-electron chi connectivity index (χ1n) is 8.10. The number of rotatable bonds is 6. The van der Waals surface area contributed by atoms with E-state index >= 15 is 0 Å². The van der Waals surface area contributed by atoms with Crippen molar-refractivity contribution in [3.8, 4) is 0 Å². The van der Waals surface area contributed by atoms with Crippen LogP contribution in [-0.2, 0) is 14.8 Å². The molecular weight excluding hydrogens is 330 g/mol. The molecule has 2 heterocycles. The van der Waals surface area contributed by atoms with Gasteiger partial charge in [-0.05, 0) is 49.6 Å². The van der Waals surface area contributed by atoms with Crippen LogP contribution < -0.4 is 4.72 Å². The van der Waals surface area contributed by atoms with Gasteiger partial charge in [-0.15, -0.1) is 11.3 Å². The van der Waals surface area contributed by atoms with Crippen LogP contribution in [0.5, 0.6) is 0 Å². The third-order valence-electron chi connectivity index (χ3n) is 4.36. The van der Waals surface area contributed by atoms with Gasteiger partial charge < -0.3 is 4.74 Å². The first-order chi connectivity index (χ1) is 11.0. The molecule has 4 nitrogen and oxygen atoms in total. The van der Waals surface area contributed by atoms with E-state index in [-0.39, 0.29) is 11.8 Å².